The molecule has 10 heteroatoms. The minimum absolute atomic E-state index is 0.127. The summed E-state index contributed by atoms with van der Waals surface area (Å²) in [6.07, 6.45) is -1.06. The van der Waals surface area contributed by atoms with E-state index < -0.39 is 22.3 Å². The number of sulfonamides is 1. The SMILES string of the molecule is Cc1ccc2c(cc(C(O)Nc3ccc(S(=O)(=O)NC(N)=O)cc3)n2C)c1Cl. The highest BCUT2D eigenvalue weighted by Gasteiger charge is 2.18. The molecule has 0 saturated carbocycles. The van der Waals surface area contributed by atoms with Crippen molar-refractivity contribution < 1.29 is 18.3 Å². The van der Waals surface area contributed by atoms with Crippen LogP contribution >= 0.6 is 11.6 Å². The Balaban J connectivity index is 1.85. The highest BCUT2D eigenvalue weighted by Crippen LogP contribution is 2.31. The summed E-state index contributed by atoms with van der Waals surface area (Å²) in [5, 5.41) is 15.0. The second-order valence-electron chi connectivity index (χ2n) is 6.30. The number of carbonyl (C=O) groups excluding carboxylic acids is 1. The monoisotopic (exact) mass is 422 g/mol. The molecule has 1 heterocycles. The lowest BCUT2D eigenvalue weighted by molar-refractivity contribution is 0.200. The number of nitrogens with one attached hydrogen (secondary N) is 2. The van der Waals surface area contributed by atoms with Gasteiger partial charge in [0.05, 0.1) is 15.6 Å². The molecule has 2 amide bonds. The zero-order valence-corrected chi connectivity index (χ0v) is 16.7. The lowest BCUT2D eigenvalue weighted by Gasteiger charge is -2.16. The molecule has 0 aliphatic carbocycles. The number of amides is 2. The number of aromatic nitrogens is 1. The minimum atomic E-state index is -4.02. The van der Waals surface area contributed by atoms with Crippen molar-refractivity contribution in [1.82, 2.24) is 9.29 Å². The van der Waals surface area contributed by atoms with E-state index in [2.05, 4.69) is 5.32 Å². The molecule has 3 aromatic rings. The fraction of sp³-hybridized carbons (Fsp3) is 0.167. The topological polar surface area (TPSA) is 126 Å². The van der Waals surface area contributed by atoms with E-state index in [1.807, 2.05) is 30.7 Å². The molecule has 3 rings (SSSR count). The van der Waals surface area contributed by atoms with Crippen LogP contribution in [0.2, 0.25) is 5.02 Å². The van der Waals surface area contributed by atoms with Gasteiger partial charge in [-0.3, -0.25) is 0 Å². The largest absolute Gasteiger partial charge is 0.368 e. The Hall–Kier alpha value is -2.75. The fourth-order valence-corrected chi connectivity index (χ4v) is 4.01. The minimum Gasteiger partial charge on any atom is -0.368 e. The molecular weight excluding hydrogens is 404 g/mol. The van der Waals surface area contributed by atoms with Crippen molar-refractivity contribution in [2.24, 2.45) is 12.8 Å². The molecule has 28 heavy (non-hydrogen) atoms. The number of nitrogens with two attached hydrogens (primary N) is 1. The summed E-state index contributed by atoms with van der Waals surface area (Å²) in [7, 11) is -2.20. The summed E-state index contributed by atoms with van der Waals surface area (Å²) in [5.74, 6) is 0. The molecule has 1 aromatic heterocycles. The van der Waals surface area contributed by atoms with Crippen molar-refractivity contribution in [3.63, 3.8) is 0 Å². The van der Waals surface area contributed by atoms with Crippen LogP contribution in [-0.4, -0.2) is 24.1 Å². The Morgan fingerprint density at radius 2 is 1.86 bits per heavy atom. The Kier molecular flexibility index (Phi) is 5.24. The highest BCUT2D eigenvalue weighted by atomic mass is 35.5. The molecule has 1 atom stereocenters. The van der Waals surface area contributed by atoms with Crippen LogP contribution in [0, 0.1) is 6.92 Å². The molecule has 8 nitrogen and oxygen atoms in total. The van der Waals surface area contributed by atoms with Crippen molar-refractivity contribution in [2.75, 3.05) is 5.32 Å². The van der Waals surface area contributed by atoms with Gasteiger partial charge < -0.3 is 20.7 Å². The predicted octanol–water partition coefficient (Wildman–Crippen LogP) is 2.60. The van der Waals surface area contributed by atoms with Crippen LogP contribution in [-0.2, 0) is 17.1 Å². The van der Waals surface area contributed by atoms with Crippen molar-refractivity contribution in [1.29, 1.82) is 0 Å². The van der Waals surface area contributed by atoms with Gasteiger partial charge in [0.2, 0.25) is 0 Å². The quantitative estimate of drug-likeness (QED) is 0.470. The van der Waals surface area contributed by atoms with Crippen LogP contribution in [0.3, 0.4) is 0 Å². The normalized spacial score (nSPS) is 12.7. The number of primary amides is 1. The first-order chi connectivity index (χ1) is 13.1. The molecule has 0 aliphatic heterocycles. The third-order valence-corrected chi connectivity index (χ3v) is 6.24. The van der Waals surface area contributed by atoms with Gasteiger partial charge in [0.15, 0.2) is 6.23 Å². The molecule has 5 N–H and O–H groups in total. The van der Waals surface area contributed by atoms with E-state index in [4.69, 9.17) is 17.3 Å². The van der Waals surface area contributed by atoms with Gasteiger partial charge in [-0.05, 0) is 48.9 Å². The third kappa shape index (κ3) is 3.77. The summed E-state index contributed by atoms with van der Waals surface area (Å²) < 4.78 is 27.3. The molecule has 0 fully saturated rings. The summed E-state index contributed by atoms with van der Waals surface area (Å²) in [4.78, 5) is 10.7. The van der Waals surface area contributed by atoms with Crippen LogP contribution < -0.4 is 15.8 Å². The van der Waals surface area contributed by atoms with Gasteiger partial charge >= 0.3 is 6.03 Å². The van der Waals surface area contributed by atoms with E-state index in [0.29, 0.717) is 16.4 Å². The smallest absolute Gasteiger partial charge is 0.326 e. The van der Waals surface area contributed by atoms with E-state index in [9.17, 15) is 18.3 Å². The average molecular weight is 423 g/mol. The van der Waals surface area contributed by atoms with E-state index in [-0.39, 0.29) is 4.90 Å². The van der Waals surface area contributed by atoms with Crippen LogP contribution in [0.1, 0.15) is 17.5 Å². The molecule has 0 saturated heterocycles. The van der Waals surface area contributed by atoms with E-state index in [1.165, 1.54) is 24.3 Å². The standard InChI is InChI=1S/C18H19ClN4O4S/c1-10-3-8-14-13(16(10)19)9-15(23(14)2)17(24)21-11-4-6-12(7-5-11)28(26,27)22-18(20)25/h3-9,17,21,24H,1-2H3,(H3,20,22,25). The second-order valence-corrected chi connectivity index (χ2v) is 8.36. The first-order valence-corrected chi connectivity index (χ1v) is 10.1. The number of nitrogens with zero attached hydrogens (tertiary/aromatic N) is 1. The van der Waals surface area contributed by atoms with Crippen LogP contribution in [0.5, 0.6) is 0 Å². The third-order valence-electron chi connectivity index (χ3n) is 4.37. The van der Waals surface area contributed by atoms with Gasteiger partial charge in [-0.15, -0.1) is 0 Å². The number of rotatable bonds is 5. The first-order valence-electron chi connectivity index (χ1n) is 8.21. The Morgan fingerprint density at radius 1 is 1.21 bits per heavy atom. The van der Waals surface area contributed by atoms with Gasteiger partial charge in [0, 0.05) is 23.6 Å². The molecule has 148 valence electrons. The first kappa shape index (κ1) is 20.0. The Morgan fingerprint density at radius 3 is 2.46 bits per heavy atom. The zero-order chi connectivity index (χ0) is 20.6. The predicted molar refractivity (Wildman–Crippen MR) is 108 cm³/mol. The van der Waals surface area contributed by atoms with E-state index in [1.54, 1.807) is 10.8 Å². The number of urea groups is 1. The zero-order valence-electron chi connectivity index (χ0n) is 15.1. The number of hydrogen-bond acceptors (Lipinski definition) is 5. The number of anilines is 1. The molecule has 2 aromatic carbocycles. The number of carbonyl (C=O) groups is 1. The molecule has 0 spiro atoms. The van der Waals surface area contributed by atoms with Crippen LogP contribution in [0.4, 0.5) is 10.5 Å². The van der Waals surface area contributed by atoms with Crippen LogP contribution in [0.25, 0.3) is 10.9 Å². The lowest BCUT2D eigenvalue weighted by atomic mass is 10.2. The fourth-order valence-electron chi connectivity index (χ4n) is 2.92. The number of fused-ring (bicyclic) bond motifs is 1. The maximum Gasteiger partial charge on any atom is 0.326 e. The lowest BCUT2D eigenvalue weighted by Crippen LogP contribution is -2.34. The number of aliphatic hydroxyl groups excluding tert-OH is 1. The molecule has 1 unspecified atom stereocenters. The Bertz CT molecular complexity index is 1160. The molecular formula is C18H19ClN4O4S. The van der Waals surface area contributed by atoms with Crippen molar-refractivity contribution in [2.45, 2.75) is 18.0 Å². The maximum atomic E-state index is 11.9. The summed E-state index contributed by atoms with van der Waals surface area (Å²) in [5.41, 5.74) is 7.75. The highest BCUT2D eigenvalue weighted by molar-refractivity contribution is 7.90. The Labute approximate surface area is 167 Å². The van der Waals surface area contributed by atoms with Gasteiger partial charge in [-0.2, -0.15) is 0 Å². The van der Waals surface area contributed by atoms with E-state index in [0.717, 1.165) is 16.5 Å². The van der Waals surface area contributed by atoms with Crippen molar-refractivity contribution >= 4 is 44.2 Å². The van der Waals surface area contributed by atoms with Crippen molar-refractivity contribution in [3.8, 4) is 0 Å². The molecule has 0 bridgehead atoms. The summed E-state index contributed by atoms with van der Waals surface area (Å²) in [6, 6.07) is 10.0. The summed E-state index contributed by atoms with van der Waals surface area (Å²) in [6.45, 7) is 1.91. The van der Waals surface area contributed by atoms with Crippen LogP contribution in [0.15, 0.2) is 47.4 Å². The number of halogens is 1. The van der Waals surface area contributed by atoms with Gasteiger partial charge in [0.25, 0.3) is 10.0 Å². The molecule has 0 aliphatic rings. The average Bonchev–Trinajstić information content (AvgIpc) is 2.95. The van der Waals surface area contributed by atoms with E-state index >= 15 is 0 Å². The van der Waals surface area contributed by atoms with Gasteiger partial charge in [0.1, 0.15) is 0 Å². The van der Waals surface area contributed by atoms with Crippen molar-refractivity contribution in [3.05, 3.63) is 58.7 Å². The number of hydrogen-bond donors (Lipinski definition) is 4. The number of aliphatic hydroxyl groups is 1. The second kappa shape index (κ2) is 7.34. The molecule has 0 radical (unpaired) electrons. The van der Waals surface area contributed by atoms with Gasteiger partial charge in [-0.1, -0.05) is 17.7 Å². The number of benzene rings is 2. The number of aryl methyl sites for hydroxylation is 2. The maximum absolute atomic E-state index is 11.9. The summed E-state index contributed by atoms with van der Waals surface area (Å²) >= 11 is 6.36. The van der Waals surface area contributed by atoms with Gasteiger partial charge in [-0.25, -0.2) is 17.9 Å².